The highest BCUT2D eigenvalue weighted by molar-refractivity contribution is 5.67. The van der Waals surface area contributed by atoms with Crippen LogP contribution in [0.4, 0.5) is 5.69 Å². The Labute approximate surface area is 125 Å². The van der Waals surface area contributed by atoms with E-state index in [1.165, 1.54) is 5.56 Å². The topological polar surface area (TPSA) is 53.4 Å². The van der Waals surface area contributed by atoms with Crippen LogP contribution in [0.15, 0.2) is 42.6 Å². The van der Waals surface area contributed by atoms with E-state index in [4.69, 9.17) is 5.11 Å². The van der Waals surface area contributed by atoms with E-state index in [2.05, 4.69) is 9.88 Å². The number of aromatic nitrogens is 1. The van der Waals surface area contributed by atoms with Gasteiger partial charge in [-0.3, -0.25) is 9.78 Å². The van der Waals surface area contributed by atoms with Crippen LogP contribution in [0, 0.1) is 13.8 Å². The van der Waals surface area contributed by atoms with Gasteiger partial charge in [-0.15, -0.1) is 0 Å². The molecule has 21 heavy (non-hydrogen) atoms. The summed E-state index contributed by atoms with van der Waals surface area (Å²) < 4.78 is 0. The number of pyridine rings is 1. The van der Waals surface area contributed by atoms with Gasteiger partial charge in [0.05, 0.1) is 18.7 Å². The van der Waals surface area contributed by atoms with Crippen LogP contribution < -0.4 is 4.90 Å². The summed E-state index contributed by atoms with van der Waals surface area (Å²) in [5, 5.41) is 8.93. The Morgan fingerprint density at radius 2 is 1.90 bits per heavy atom. The second-order valence-electron chi connectivity index (χ2n) is 5.17. The van der Waals surface area contributed by atoms with Gasteiger partial charge in [0.15, 0.2) is 0 Å². The number of hydrogen-bond acceptors (Lipinski definition) is 3. The van der Waals surface area contributed by atoms with E-state index >= 15 is 0 Å². The standard InChI is InChI=1S/C17H20N2O2/c1-13-5-7-15(8-6-13)19(11-9-17(20)21)12-16-14(2)4-3-10-18-16/h3-8,10H,9,11-12H2,1-2H3,(H,20,21). The molecule has 0 atom stereocenters. The Bertz CT molecular complexity index is 608. The number of rotatable bonds is 6. The molecule has 0 saturated carbocycles. The molecule has 1 aromatic heterocycles. The van der Waals surface area contributed by atoms with E-state index in [1.54, 1.807) is 6.20 Å². The predicted octanol–water partition coefficient (Wildman–Crippen LogP) is 3.18. The molecule has 0 unspecified atom stereocenters. The molecule has 4 nitrogen and oxygen atoms in total. The minimum atomic E-state index is -0.787. The first-order valence-corrected chi connectivity index (χ1v) is 7.00. The van der Waals surface area contributed by atoms with Crippen molar-refractivity contribution in [3.05, 3.63) is 59.4 Å². The summed E-state index contributed by atoms with van der Waals surface area (Å²) in [6, 6.07) is 12.0. The number of aliphatic carboxylic acids is 1. The first-order chi connectivity index (χ1) is 10.1. The number of aryl methyl sites for hydroxylation is 2. The maximum absolute atomic E-state index is 10.9. The van der Waals surface area contributed by atoms with Crippen LogP contribution >= 0.6 is 0 Å². The van der Waals surface area contributed by atoms with E-state index in [1.807, 2.05) is 50.2 Å². The van der Waals surface area contributed by atoms with E-state index in [0.717, 1.165) is 16.9 Å². The fourth-order valence-electron chi connectivity index (χ4n) is 2.15. The fourth-order valence-corrected chi connectivity index (χ4v) is 2.15. The number of benzene rings is 1. The molecule has 0 fully saturated rings. The van der Waals surface area contributed by atoms with Gasteiger partial charge in [-0.2, -0.15) is 0 Å². The van der Waals surface area contributed by atoms with Gasteiger partial charge in [0.25, 0.3) is 0 Å². The van der Waals surface area contributed by atoms with Crippen LogP contribution in [-0.2, 0) is 11.3 Å². The predicted molar refractivity (Wildman–Crippen MR) is 83.5 cm³/mol. The van der Waals surface area contributed by atoms with Crippen LogP contribution in [0.25, 0.3) is 0 Å². The smallest absolute Gasteiger partial charge is 0.305 e. The average molecular weight is 284 g/mol. The Kier molecular flexibility index (Phi) is 4.93. The van der Waals surface area contributed by atoms with Gasteiger partial charge in [-0.1, -0.05) is 23.8 Å². The number of nitrogens with zero attached hydrogens (tertiary/aromatic N) is 2. The van der Waals surface area contributed by atoms with Crippen molar-refractivity contribution in [2.45, 2.75) is 26.8 Å². The molecule has 0 aliphatic heterocycles. The van der Waals surface area contributed by atoms with Gasteiger partial charge >= 0.3 is 5.97 Å². The minimum absolute atomic E-state index is 0.111. The number of hydrogen-bond donors (Lipinski definition) is 1. The highest BCUT2D eigenvalue weighted by Gasteiger charge is 2.11. The molecular weight excluding hydrogens is 264 g/mol. The lowest BCUT2D eigenvalue weighted by Gasteiger charge is -2.24. The Hall–Kier alpha value is -2.36. The molecular formula is C17H20N2O2. The van der Waals surface area contributed by atoms with Crippen molar-refractivity contribution < 1.29 is 9.90 Å². The molecule has 4 heteroatoms. The maximum Gasteiger partial charge on any atom is 0.305 e. The molecule has 1 N–H and O–H groups in total. The first kappa shape index (κ1) is 15.0. The molecule has 1 heterocycles. The summed E-state index contributed by atoms with van der Waals surface area (Å²) in [5.74, 6) is -0.787. The third-order valence-corrected chi connectivity index (χ3v) is 3.45. The molecule has 0 amide bonds. The summed E-state index contributed by atoms with van der Waals surface area (Å²) in [7, 11) is 0. The van der Waals surface area contributed by atoms with Crippen molar-refractivity contribution in [1.82, 2.24) is 4.98 Å². The molecule has 2 aromatic rings. The zero-order valence-electron chi connectivity index (χ0n) is 12.4. The molecule has 0 aliphatic carbocycles. The average Bonchev–Trinajstić information content (AvgIpc) is 2.46. The molecule has 0 aliphatic rings. The van der Waals surface area contributed by atoms with Crippen LogP contribution in [0.1, 0.15) is 23.2 Å². The monoisotopic (exact) mass is 284 g/mol. The molecule has 110 valence electrons. The first-order valence-electron chi connectivity index (χ1n) is 7.00. The van der Waals surface area contributed by atoms with Crippen molar-refractivity contribution in [3.63, 3.8) is 0 Å². The van der Waals surface area contributed by atoms with Gasteiger partial charge in [0.1, 0.15) is 0 Å². The summed E-state index contributed by atoms with van der Waals surface area (Å²) in [6.45, 7) is 5.14. The van der Waals surface area contributed by atoms with Crippen molar-refractivity contribution in [2.24, 2.45) is 0 Å². The van der Waals surface area contributed by atoms with Crippen molar-refractivity contribution in [3.8, 4) is 0 Å². The van der Waals surface area contributed by atoms with E-state index in [-0.39, 0.29) is 6.42 Å². The Morgan fingerprint density at radius 1 is 1.19 bits per heavy atom. The molecule has 0 saturated heterocycles. The summed E-state index contributed by atoms with van der Waals surface area (Å²) >= 11 is 0. The zero-order chi connectivity index (χ0) is 15.2. The lowest BCUT2D eigenvalue weighted by atomic mass is 10.1. The van der Waals surface area contributed by atoms with Crippen LogP contribution in [0.3, 0.4) is 0 Å². The summed E-state index contributed by atoms with van der Waals surface area (Å²) in [6.07, 6.45) is 1.88. The van der Waals surface area contributed by atoms with Crippen LogP contribution in [-0.4, -0.2) is 22.6 Å². The van der Waals surface area contributed by atoms with E-state index in [9.17, 15) is 4.79 Å². The van der Waals surface area contributed by atoms with Gasteiger partial charge in [0.2, 0.25) is 0 Å². The SMILES string of the molecule is Cc1ccc(N(CCC(=O)O)Cc2ncccc2C)cc1. The second-order valence-corrected chi connectivity index (χ2v) is 5.17. The molecule has 2 rings (SSSR count). The van der Waals surface area contributed by atoms with Crippen molar-refractivity contribution in [2.75, 3.05) is 11.4 Å². The highest BCUT2D eigenvalue weighted by Crippen LogP contribution is 2.19. The summed E-state index contributed by atoms with van der Waals surface area (Å²) in [4.78, 5) is 17.3. The lowest BCUT2D eigenvalue weighted by Crippen LogP contribution is -2.26. The summed E-state index contributed by atoms with van der Waals surface area (Å²) in [5.41, 5.74) is 4.30. The third-order valence-electron chi connectivity index (χ3n) is 3.45. The van der Waals surface area contributed by atoms with Crippen LogP contribution in [0.2, 0.25) is 0 Å². The van der Waals surface area contributed by atoms with Gasteiger partial charge in [-0.25, -0.2) is 0 Å². The number of anilines is 1. The number of carboxylic acids is 1. The largest absolute Gasteiger partial charge is 0.481 e. The molecule has 0 radical (unpaired) electrons. The van der Waals surface area contributed by atoms with Gasteiger partial charge in [-0.05, 0) is 37.6 Å². The van der Waals surface area contributed by atoms with E-state index in [0.29, 0.717) is 13.1 Å². The Morgan fingerprint density at radius 3 is 2.52 bits per heavy atom. The van der Waals surface area contributed by atoms with Crippen molar-refractivity contribution in [1.29, 1.82) is 0 Å². The molecule has 0 bridgehead atoms. The number of carbonyl (C=O) groups is 1. The number of carboxylic acid groups (broad SMARTS) is 1. The molecule has 1 aromatic carbocycles. The molecule has 0 spiro atoms. The van der Waals surface area contributed by atoms with Crippen molar-refractivity contribution >= 4 is 11.7 Å². The Balaban J connectivity index is 2.21. The normalized spacial score (nSPS) is 10.4. The maximum atomic E-state index is 10.9. The van der Waals surface area contributed by atoms with Crippen LogP contribution in [0.5, 0.6) is 0 Å². The lowest BCUT2D eigenvalue weighted by molar-refractivity contribution is -0.136. The van der Waals surface area contributed by atoms with Gasteiger partial charge in [0, 0.05) is 18.4 Å². The second kappa shape index (κ2) is 6.88. The zero-order valence-corrected chi connectivity index (χ0v) is 12.4. The third kappa shape index (κ3) is 4.31. The fraction of sp³-hybridized carbons (Fsp3) is 0.294. The van der Waals surface area contributed by atoms with Gasteiger partial charge < -0.3 is 10.0 Å². The highest BCUT2D eigenvalue weighted by atomic mass is 16.4. The minimum Gasteiger partial charge on any atom is -0.481 e. The van der Waals surface area contributed by atoms with E-state index < -0.39 is 5.97 Å². The quantitative estimate of drug-likeness (QED) is 0.885.